The quantitative estimate of drug-likeness (QED) is 0.338. The fourth-order valence-corrected chi connectivity index (χ4v) is 4.12. The minimum atomic E-state index is -0.461. The van der Waals surface area contributed by atoms with Gasteiger partial charge in [0.2, 0.25) is 5.91 Å². The summed E-state index contributed by atoms with van der Waals surface area (Å²) < 4.78 is 16.3. The van der Waals surface area contributed by atoms with Crippen LogP contribution in [0.25, 0.3) is 0 Å². The number of anilines is 1. The number of unbranched alkanes of at least 4 members (excludes halogenated alkanes) is 3. The minimum absolute atomic E-state index is 0.0280. The molecule has 2 aromatic rings. The Hall–Kier alpha value is -3.59. The molecule has 1 aliphatic rings. The predicted octanol–water partition coefficient (Wildman–Crippen LogP) is 5.29. The molecule has 2 aromatic carbocycles. The molecule has 0 saturated heterocycles. The fraction of sp³-hybridized carbons (Fsp3) is 0.483. The Bertz CT molecular complexity index is 1080. The molecule has 206 valence electrons. The molecule has 0 radical (unpaired) electrons. The molecule has 1 aliphatic heterocycles. The van der Waals surface area contributed by atoms with Gasteiger partial charge in [-0.1, -0.05) is 25.0 Å². The van der Waals surface area contributed by atoms with Gasteiger partial charge in [-0.2, -0.15) is 5.10 Å². The number of hydrazone groups is 1. The van der Waals surface area contributed by atoms with Crippen LogP contribution in [0.2, 0.25) is 0 Å². The van der Waals surface area contributed by atoms with Crippen molar-refractivity contribution in [3.05, 3.63) is 53.6 Å². The highest BCUT2D eigenvalue weighted by molar-refractivity contribution is 6.04. The number of carbonyl (C=O) groups is 2. The normalized spacial score (nSPS) is 13.3. The van der Waals surface area contributed by atoms with E-state index in [0.29, 0.717) is 49.8 Å². The molecule has 0 spiro atoms. The summed E-state index contributed by atoms with van der Waals surface area (Å²) in [7, 11) is 5.74. The lowest BCUT2D eigenvalue weighted by Crippen LogP contribution is -2.31. The molecule has 1 N–H and O–H groups in total. The van der Waals surface area contributed by atoms with E-state index in [2.05, 4.69) is 29.4 Å². The number of carbonyl (C=O) groups excluding carboxylic acids is 2. The van der Waals surface area contributed by atoms with Gasteiger partial charge in [-0.05, 0) is 76.3 Å². The minimum Gasteiger partial charge on any atom is -0.493 e. The zero-order valence-electron chi connectivity index (χ0n) is 23.0. The van der Waals surface area contributed by atoms with Crippen LogP contribution < -0.4 is 14.8 Å². The van der Waals surface area contributed by atoms with E-state index in [1.165, 1.54) is 5.01 Å². The van der Waals surface area contributed by atoms with Gasteiger partial charge in [0.05, 0.1) is 32.6 Å². The van der Waals surface area contributed by atoms with E-state index in [9.17, 15) is 9.59 Å². The van der Waals surface area contributed by atoms with Crippen molar-refractivity contribution in [3.8, 4) is 11.5 Å². The van der Waals surface area contributed by atoms with Crippen LogP contribution in [0.5, 0.6) is 11.5 Å². The van der Waals surface area contributed by atoms with Gasteiger partial charge < -0.3 is 19.1 Å². The molecule has 2 amide bonds. The average molecular weight is 525 g/mol. The number of amides is 2. The number of hydrogen-bond donors (Lipinski definition) is 1. The second-order valence-corrected chi connectivity index (χ2v) is 9.47. The highest BCUT2D eigenvalue weighted by atomic mass is 16.5. The van der Waals surface area contributed by atoms with Crippen molar-refractivity contribution in [2.45, 2.75) is 52.0 Å². The summed E-state index contributed by atoms with van der Waals surface area (Å²) in [6.07, 6.45) is 4.67. The van der Waals surface area contributed by atoms with Crippen LogP contribution in [0.1, 0.15) is 56.6 Å². The van der Waals surface area contributed by atoms with Crippen molar-refractivity contribution in [1.29, 1.82) is 0 Å². The monoisotopic (exact) mass is 524 g/mol. The van der Waals surface area contributed by atoms with Crippen LogP contribution in [-0.2, 0) is 16.1 Å². The molecule has 3 rings (SSSR count). The largest absolute Gasteiger partial charge is 0.493 e. The Morgan fingerprint density at radius 2 is 1.79 bits per heavy atom. The maximum absolute atomic E-state index is 12.6. The van der Waals surface area contributed by atoms with Gasteiger partial charge in [-0.15, -0.1) is 0 Å². The van der Waals surface area contributed by atoms with Gasteiger partial charge in [0, 0.05) is 24.1 Å². The first-order chi connectivity index (χ1) is 18.4. The maximum atomic E-state index is 12.6. The van der Waals surface area contributed by atoms with Gasteiger partial charge in [-0.3, -0.25) is 10.1 Å². The van der Waals surface area contributed by atoms with Gasteiger partial charge in [0.1, 0.15) is 0 Å². The standard InChI is InChI=1S/C29H40N4O5/c1-5-37-27-20-23(12-16-26(27)36-4)25-15-17-28(34)33(31-25)21-22-10-13-24(14-11-22)30-29(35)38-19-9-7-6-8-18-32(2)3/h10-14,16,20H,5-9,15,17-19,21H2,1-4H3,(H,30,35). The molecule has 9 heteroatoms. The lowest BCUT2D eigenvalue weighted by molar-refractivity contribution is -0.132. The molecule has 0 atom stereocenters. The zero-order chi connectivity index (χ0) is 27.3. The number of methoxy groups -OCH3 is 1. The summed E-state index contributed by atoms with van der Waals surface area (Å²) in [5.74, 6) is 1.29. The van der Waals surface area contributed by atoms with E-state index in [1.54, 1.807) is 19.2 Å². The highest BCUT2D eigenvalue weighted by Crippen LogP contribution is 2.30. The smallest absolute Gasteiger partial charge is 0.411 e. The van der Waals surface area contributed by atoms with Gasteiger partial charge in [0.15, 0.2) is 11.5 Å². The first kappa shape index (κ1) is 29.0. The van der Waals surface area contributed by atoms with Crippen molar-refractivity contribution in [2.75, 3.05) is 46.3 Å². The van der Waals surface area contributed by atoms with Gasteiger partial charge in [0.25, 0.3) is 0 Å². The second kappa shape index (κ2) is 15.0. The summed E-state index contributed by atoms with van der Waals surface area (Å²) in [5, 5.41) is 8.89. The third-order valence-corrected chi connectivity index (χ3v) is 6.17. The fourth-order valence-electron chi connectivity index (χ4n) is 4.12. The van der Waals surface area contributed by atoms with Gasteiger partial charge >= 0.3 is 6.09 Å². The van der Waals surface area contributed by atoms with Crippen LogP contribution in [-0.4, -0.2) is 68.6 Å². The van der Waals surface area contributed by atoms with Crippen LogP contribution in [0.3, 0.4) is 0 Å². The molecule has 9 nitrogen and oxygen atoms in total. The Labute approximate surface area is 225 Å². The highest BCUT2D eigenvalue weighted by Gasteiger charge is 2.22. The Kier molecular flexibility index (Phi) is 11.4. The van der Waals surface area contributed by atoms with E-state index in [4.69, 9.17) is 14.2 Å². The Balaban J connectivity index is 1.51. The summed E-state index contributed by atoms with van der Waals surface area (Å²) >= 11 is 0. The molecule has 0 fully saturated rings. The van der Waals surface area contributed by atoms with Crippen molar-refractivity contribution in [1.82, 2.24) is 9.91 Å². The summed E-state index contributed by atoms with van der Waals surface area (Å²) in [5.41, 5.74) is 3.27. The van der Waals surface area contributed by atoms with E-state index in [-0.39, 0.29) is 5.91 Å². The summed E-state index contributed by atoms with van der Waals surface area (Å²) in [6.45, 7) is 4.27. The lowest BCUT2D eigenvalue weighted by atomic mass is 10.0. The maximum Gasteiger partial charge on any atom is 0.411 e. The van der Waals surface area contributed by atoms with Crippen LogP contribution in [0.15, 0.2) is 47.6 Å². The third kappa shape index (κ3) is 9.06. The van der Waals surface area contributed by atoms with Crippen molar-refractivity contribution in [2.24, 2.45) is 5.10 Å². The summed E-state index contributed by atoms with van der Waals surface area (Å²) in [4.78, 5) is 26.8. The number of rotatable bonds is 14. The molecule has 0 aromatic heterocycles. The molecule has 0 unspecified atom stereocenters. The molecule has 0 saturated carbocycles. The van der Waals surface area contributed by atoms with Crippen molar-refractivity contribution in [3.63, 3.8) is 0 Å². The van der Waals surface area contributed by atoms with Crippen molar-refractivity contribution < 1.29 is 23.8 Å². The molecular formula is C29H40N4O5. The number of nitrogens with zero attached hydrogens (tertiary/aromatic N) is 3. The topological polar surface area (TPSA) is 92.7 Å². The van der Waals surface area contributed by atoms with Gasteiger partial charge in [-0.25, -0.2) is 9.80 Å². The molecule has 1 heterocycles. The molecular weight excluding hydrogens is 484 g/mol. The van der Waals surface area contributed by atoms with E-state index >= 15 is 0 Å². The van der Waals surface area contributed by atoms with Crippen LogP contribution >= 0.6 is 0 Å². The Morgan fingerprint density at radius 3 is 2.50 bits per heavy atom. The Morgan fingerprint density at radius 1 is 1.03 bits per heavy atom. The van der Waals surface area contributed by atoms with Crippen LogP contribution in [0, 0.1) is 0 Å². The molecule has 0 aliphatic carbocycles. The first-order valence-electron chi connectivity index (χ1n) is 13.3. The number of ether oxygens (including phenoxy) is 3. The van der Waals surface area contributed by atoms with E-state index in [1.807, 2.05) is 37.3 Å². The third-order valence-electron chi connectivity index (χ3n) is 6.17. The van der Waals surface area contributed by atoms with Crippen LogP contribution in [0.4, 0.5) is 10.5 Å². The summed E-state index contributed by atoms with van der Waals surface area (Å²) in [6, 6.07) is 13.0. The van der Waals surface area contributed by atoms with Crippen molar-refractivity contribution >= 4 is 23.4 Å². The first-order valence-corrected chi connectivity index (χ1v) is 13.3. The SMILES string of the molecule is CCOc1cc(C2=NN(Cc3ccc(NC(=O)OCCCCCCN(C)C)cc3)C(=O)CC2)ccc1OC. The number of benzene rings is 2. The lowest BCUT2D eigenvalue weighted by Gasteiger charge is -2.24. The van der Waals surface area contributed by atoms with E-state index < -0.39 is 6.09 Å². The molecule has 0 bridgehead atoms. The number of nitrogens with one attached hydrogen (secondary N) is 1. The van der Waals surface area contributed by atoms with E-state index in [0.717, 1.165) is 49.1 Å². The second-order valence-electron chi connectivity index (χ2n) is 9.47. The molecule has 38 heavy (non-hydrogen) atoms. The zero-order valence-corrected chi connectivity index (χ0v) is 23.0. The average Bonchev–Trinajstić information content (AvgIpc) is 2.90. The predicted molar refractivity (Wildman–Crippen MR) is 149 cm³/mol. The number of hydrogen-bond acceptors (Lipinski definition) is 7.